The number of rotatable bonds is 6. The molecule has 0 saturated carbocycles. The van der Waals surface area contributed by atoms with E-state index < -0.39 is 33.7 Å². The van der Waals surface area contributed by atoms with Gasteiger partial charge in [0.05, 0.1) is 13.0 Å². The van der Waals surface area contributed by atoms with E-state index >= 15 is 0 Å². The first-order chi connectivity index (χ1) is 6.79. The van der Waals surface area contributed by atoms with Gasteiger partial charge in [-0.2, -0.15) is 13.3 Å². The average Bonchev–Trinajstić information content (AvgIpc) is 2.08. The van der Waals surface area contributed by atoms with Gasteiger partial charge in [-0.05, 0) is 6.92 Å². The van der Waals surface area contributed by atoms with Crippen molar-refractivity contribution in [3.8, 4) is 0 Å². The second-order valence-electron chi connectivity index (χ2n) is 2.41. The summed E-state index contributed by atoms with van der Waals surface area (Å²) in [6.07, 6.45) is -1.09. The molecular formula is C6H12K2O8S. The number of carbonyl (C=O) groups is 2. The Balaban J connectivity index is -0.000000980. The monoisotopic (exact) mass is 322 g/mol. The van der Waals surface area contributed by atoms with Gasteiger partial charge in [-0.3, -0.25) is 14.2 Å². The van der Waals surface area contributed by atoms with Crippen molar-refractivity contribution in [2.24, 2.45) is 0 Å². The Morgan fingerprint density at radius 2 is 1.76 bits per heavy atom. The molecule has 92 valence electrons. The van der Waals surface area contributed by atoms with E-state index in [1.165, 1.54) is 6.92 Å². The zero-order valence-electron chi connectivity index (χ0n) is 7.74. The number of aliphatic carboxylic acids is 1. The first-order valence-electron chi connectivity index (χ1n) is 3.80. The molecule has 0 bridgehead atoms. The molecule has 1 unspecified atom stereocenters. The first-order valence-corrected chi connectivity index (χ1v) is 5.30. The van der Waals surface area contributed by atoms with Gasteiger partial charge in [0.15, 0.2) is 5.25 Å². The first kappa shape index (κ1) is 24.1. The SMILES string of the molecule is CCOOC(=O)C(CC(=O)O)S(=O)(=O)O.[KH].[KH]. The molecule has 0 aliphatic rings. The molecule has 0 aromatic carbocycles. The molecule has 2 N–H and O–H groups in total. The fourth-order valence-corrected chi connectivity index (χ4v) is 1.28. The van der Waals surface area contributed by atoms with Gasteiger partial charge in [-0.25, -0.2) is 4.79 Å². The van der Waals surface area contributed by atoms with Crippen LogP contribution in [0.25, 0.3) is 0 Å². The summed E-state index contributed by atoms with van der Waals surface area (Å²) in [6, 6.07) is 0. The van der Waals surface area contributed by atoms with Crippen molar-refractivity contribution in [2.75, 3.05) is 6.61 Å². The third-order valence-electron chi connectivity index (χ3n) is 1.24. The van der Waals surface area contributed by atoms with Crippen LogP contribution in [-0.4, -0.2) is 145 Å². The third-order valence-corrected chi connectivity index (χ3v) is 2.32. The Morgan fingerprint density at radius 1 is 1.29 bits per heavy atom. The second kappa shape index (κ2) is 11.9. The van der Waals surface area contributed by atoms with Crippen LogP contribution in [0, 0.1) is 0 Å². The molecule has 0 rings (SSSR count). The van der Waals surface area contributed by atoms with Crippen LogP contribution in [0.5, 0.6) is 0 Å². The fourth-order valence-electron chi connectivity index (χ4n) is 0.640. The van der Waals surface area contributed by atoms with E-state index in [2.05, 4.69) is 9.78 Å². The predicted octanol–water partition coefficient (Wildman–Crippen LogP) is -2.08. The Morgan fingerprint density at radius 3 is 2.06 bits per heavy atom. The average molecular weight is 322 g/mol. The standard InChI is InChI=1S/C6H10O8S.2K.2H/c1-2-13-14-6(9)4(3-5(7)8)15(10,11)12;;;;/h4H,2-3H2,1H3,(H,7,8)(H,10,11,12);;;;. The Kier molecular flexibility index (Phi) is 16.8. The fraction of sp³-hybridized carbons (Fsp3) is 0.667. The van der Waals surface area contributed by atoms with Crippen LogP contribution in [0.4, 0.5) is 0 Å². The number of hydrogen-bond acceptors (Lipinski definition) is 6. The van der Waals surface area contributed by atoms with Gasteiger partial charge in [0, 0.05) is 0 Å². The van der Waals surface area contributed by atoms with Crippen molar-refractivity contribution in [2.45, 2.75) is 18.6 Å². The van der Waals surface area contributed by atoms with E-state index in [1.54, 1.807) is 0 Å². The maximum atomic E-state index is 10.9. The van der Waals surface area contributed by atoms with Gasteiger partial charge in [0.25, 0.3) is 10.1 Å². The maximum absolute atomic E-state index is 10.9. The van der Waals surface area contributed by atoms with Crippen molar-refractivity contribution in [1.82, 2.24) is 0 Å². The van der Waals surface area contributed by atoms with Gasteiger partial charge >= 0.3 is 115 Å². The van der Waals surface area contributed by atoms with E-state index in [4.69, 9.17) is 9.66 Å². The molecule has 0 aliphatic heterocycles. The van der Waals surface area contributed by atoms with Crippen molar-refractivity contribution in [3.63, 3.8) is 0 Å². The summed E-state index contributed by atoms with van der Waals surface area (Å²) in [6.45, 7) is 1.43. The third kappa shape index (κ3) is 11.6. The van der Waals surface area contributed by atoms with Gasteiger partial charge in [0.1, 0.15) is 0 Å². The Labute approximate surface area is 183 Å². The Hall–Kier alpha value is 2.08. The summed E-state index contributed by atoms with van der Waals surface area (Å²) in [4.78, 5) is 29.2. The molecule has 1 atom stereocenters. The van der Waals surface area contributed by atoms with Crippen LogP contribution in [0.15, 0.2) is 0 Å². The molecule has 0 spiro atoms. The summed E-state index contributed by atoms with van der Waals surface area (Å²) in [7, 11) is -4.83. The zero-order chi connectivity index (χ0) is 12.1. The van der Waals surface area contributed by atoms with Crippen molar-refractivity contribution < 1.29 is 37.4 Å². The summed E-state index contributed by atoms with van der Waals surface area (Å²) in [5, 5.41) is 6.12. The molecule has 0 saturated heterocycles. The summed E-state index contributed by atoms with van der Waals surface area (Å²) >= 11 is 0. The number of hydrogen-bond donors (Lipinski definition) is 2. The van der Waals surface area contributed by atoms with E-state index in [9.17, 15) is 18.0 Å². The van der Waals surface area contributed by atoms with Crippen molar-refractivity contribution in [3.05, 3.63) is 0 Å². The molecule has 0 aliphatic carbocycles. The number of carboxylic acids is 1. The van der Waals surface area contributed by atoms with E-state index in [-0.39, 0.29) is 109 Å². The molecule has 0 amide bonds. The molecule has 0 radical (unpaired) electrons. The van der Waals surface area contributed by atoms with Crippen LogP contribution in [0.3, 0.4) is 0 Å². The quantitative estimate of drug-likeness (QED) is 0.247. The molecule has 0 aromatic rings. The normalized spacial score (nSPS) is 11.6. The number of carbonyl (C=O) groups excluding carboxylic acids is 1. The Bertz CT molecular complexity index is 340. The zero-order valence-corrected chi connectivity index (χ0v) is 8.56. The van der Waals surface area contributed by atoms with Gasteiger partial charge < -0.3 is 5.11 Å². The molecule has 8 nitrogen and oxygen atoms in total. The van der Waals surface area contributed by atoms with Crippen LogP contribution in [0.1, 0.15) is 13.3 Å². The van der Waals surface area contributed by atoms with E-state index in [0.29, 0.717) is 0 Å². The molecule has 0 fully saturated rings. The molecule has 17 heavy (non-hydrogen) atoms. The van der Waals surface area contributed by atoms with Gasteiger partial charge in [-0.1, -0.05) is 0 Å². The van der Waals surface area contributed by atoms with Crippen LogP contribution in [0.2, 0.25) is 0 Å². The van der Waals surface area contributed by atoms with E-state index in [0.717, 1.165) is 0 Å². The predicted molar refractivity (Wildman–Crippen MR) is 59.6 cm³/mol. The molecule has 0 heterocycles. The molecule has 0 aromatic heterocycles. The van der Waals surface area contributed by atoms with Gasteiger partial charge in [-0.15, -0.1) is 0 Å². The topological polar surface area (TPSA) is 127 Å². The van der Waals surface area contributed by atoms with Crippen LogP contribution >= 0.6 is 0 Å². The minimum absolute atomic E-state index is 0. The summed E-state index contributed by atoms with van der Waals surface area (Å²) in [5.74, 6) is -3.03. The summed E-state index contributed by atoms with van der Waals surface area (Å²) in [5.41, 5.74) is 0. The van der Waals surface area contributed by atoms with Crippen molar-refractivity contribution in [1.29, 1.82) is 0 Å². The minimum atomic E-state index is -4.83. The van der Waals surface area contributed by atoms with Gasteiger partial charge in [0.2, 0.25) is 0 Å². The van der Waals surface area contributed by atoms with E-state index in [1.807, 2.05) is 0 Å². The van der Waals surface area contributed by atoms with Crippen LogP contribution in [-0.2, 0) is 29.5 Å². The second-order valence-corrected chi connectivity index (χ2v) is 4.01. The van der Waals surface area contributed by atoms with Crippen molar-refractivity contribution >= 4 is 125 Å². The van der Waals surface area contributed by atoms with Crippen LogP contribution < -0.4 is 0 Å². The molecular weight excluding hydrogens is 310 g/mol. The molecule has 11 heteroatoms. The number of carboxylic acid groups (broad SMARTS) is 1. The summed E-state index contributed by atoms with van der Waals surface area (Å²) < 4.78 is 29.8.